The van der Waals surface area contributed by atoms with Crippen LogP contribution in [-0.4, -0.2) is 16.8 Å². The summed E-state index contributed by atoms with van der Waals surface area (Å²) in [4.78, 5) is 11.9. The molecule has 1 aromatic rings. The van der Waals surface area contributed by atoms with E-state index in [2.05, 4.69) is 0 Å². The van der Waals surface area contributed by atoms with E-state index in [9.17, 15) is 4.79 Å². The smallest absolute Gasteiger partial charge is 0.335 e. The predicted octanol–water partition coefficient (Wildman–Crippen LogP) is 3.67. The maximum Gasteiger partial charge on any atom is 0.335 e. The molecule has 0 atom stereocenters. The van der Waals surface area contributed by atoms with Crippen molar-refractivity contribution in [3.8, 4) is 0 Å². The second-order valence-corrected chi connectivity index (χ2v) is 5.38. The van der Waals surface area contributed by atoms with Crippen molar-refractivity contribution in [3.63, 3.8) is 0 Å². The summed E-state index contributed by atoms with van der Waals surface area (Å²) in [7, 11) is 0. The van der Waals surface area contributed by atoms with Gasteiger partial charge in [-0.15, -0.1) is 11.8 Å². The summed E-state index contributed by atoms with van der Waals surface area (Å²) >= 11 is 1.85. The van der Waals surface area contributed by atoms with Crippen LogP contribution in [0, 0.1) is 5.92 Å². The molecule has 0 amide bonds. The lowest BCUT2D eigenvalue weighted by Gasteiger charge is -2.08. The highest BCUT2D eigenvalue weighted by molar-refractivity contribution is 7.99. The first kappa shape index (κ1) is 11.5. The Labute approximate surface area is 100 Å². The maximum absolute atomic E-state index is 10.7. The monoisotopic (exact) mass is 236 g/mol. The first-order valence-corrected chi connectivity index (χ1v) is 6.70. The van der Waals surface area contributed by atoms with Crippen molar-refractivity contribution < 1.29 is 9.90 Å². The molecule has 0 aromatic heterocycles. The van der Waals surface area contributed by atoms with Crippen LogP contribution in [0.2, 0.25) is 0 Å². The molecule has 1 aromatic carbocycles. The number of rotatable bonds is 4. The van der Waals surface area contributed by atoms with E-state index >= 15 is 0 Å². The van der Waals surface area contributed by atoms with E-state index in [4.69, 9.17) is 5.11 Å². The van der Waals surface area contributed by atoms with Crippen molar-refractivity contribution in [3.05, 3.63) is 29.8 Å². The largest absolute Gasteiger partial charge is 0.478 e. The zero-order valence-electron chi connectivity index (χ0n) is 9.19. The van der Waals surface area contributed by atoms with Crippen LogP contribution in [0.4, 0.5) is 0 Å². The van der Waals surface area contributed by atoms with Crippen LogP contribution >= 0.6 is 11.8 Å². The highest BCUT2D eigenvalue weighted by Crippen LogP contribution is 2.30. The van der Waals surface area contributed by atoms with Crippen molar-refractivity contribution in [1.82, 2.24) is 0 Å². The summed E-state index contributed by atoms with van der Waals surface area (Å²) < 4.78 is 0. The van der Waals surface area contributed by atoms with Gasteiger partial charge in [-0.05, 0) is 43.0 Å². The van der Waals surface area contributed by atoms with E-state index in [1.54, 1.807) is 12.1 Å². The van der Waals surface area contributed by atoms with Crippen LogP contribution in [0.25, 0.3) is 0 Å². The summed E-state index contributed by atoms with van der Waals surface area (Å²) in [5.41, 5.74) is 0.366. The Hall–Kier alpha value is -0.960. The Kier molecular flexibility index (Phi) is 3.88. The number of benzene rings is 1. The number of hydrogen-bond donors (Lipinski definition) is 1. The lowest BCUT2D eigenvalue weighted by Crippen LogP contribution is -1.97. The Morgan fingerprint density at radius 3 is 2.44 bits per heavy atom. The minimum atomic E-state index is -0.854. The number of carboxylic acid groups (broad SMARTS) is 1. The molecule has 0 heterocycles. The van der Waals surface area contributed by atoms with Crippen LogP contribution < -0.4 is 0 Å². The summed E-state index contributed by atoms with van der Waals surface area (Å²) in [5.74, 6) is 1.18. The van der Waals surface area contributed by atoms with Crippen LogP contribution in [0.5, 0.6) is 0 Å². The fourth-order valence-corrected chi connectivity index (χ4v) is 3.17. The van der Waals surface area contributed by atoms with Gasteiger partial charge in [0, 0.05) is 10.6 Å². The maximum atomic E-state index is 10.7. The fourth-order valence-electron chi connectivity index (χ4n) is 2.08. The molecule has 0 spiro atoms. The van der Waals surface area contributed by atoms with E-state index in [1.165, 1.54) is 36.3 Å². The van der Waals surface area contributed by atoms with Crippen molar-refractivity contribution in [2.75, 3.05) is 5.75 Å². The molecule has 3 heteroatoms. The average molecular weight is 236 g/mol. The Balaban J connectivity index is 1.87. The second-order valence-electron chi connectivity index (χ2n) is 4.29. The predicted molar refractivity (Wildman–Crippen MR) is 66.1 cm³/mol. The van der Waals surface area contributed by atoms with Gasteiger partial charge in [0.1, 0.15) is 0 Å². The molecule has 2 nitrogen and oxygen atoms in total. The quantitative estimate of drug-likeness (QED) is 0.810. The standard InChI is InChI=1S/C13H16O2S/c14-13(15)11-5-7-12(8-6-11)16-9-10-3-1-2-4-10/h5-8,10H,1-4,9H2,(H,14,15). The van der Waals surface area contributed by atoms with Crippen LogP contribution in [0.3, 0.4) is 0 Å². The van der Waals surface area contributed by atoms with Crippen molar-refractivity contribution >= 4 is 17.7 Å². The molecule has 16 heavy (non-hydrogen) atoms. The van der Waals surface area contributed by atoms with E-state index < -0.39 is 5.97 Å². The molecular weight excluding hydrogens is 220 g/mol. The van der Waals surface area contributed by atoms with Gasteiger partial charge in [0.15, 0.2) is 0 Å². The van der Waals surface area contributed by atoms with Gasteiger partial charge >= 0.3 is 5.97 Å². The molecule has 1 N–H and O–H groups in total. The third-order valence-corrected chi connectivity index (χ3v) is 4.31. The van der Waals surface area contributed by atoms with Gasteiger partial charge in [0.2, 0.25) is 0 Å². The molecule has 1 aliphatic rings. The summed E-state index contributed by atoms with van der Waals surface area (Å²) in [6.45, 7) is 0. The normalized spacial score (nSPS) is 16.5. The van der Waals surface area contributed by atoms with Crippen molar-refractivity contribution in [1.29, 1.82) is 0 Å². The van der Waals surface area contributed by atoms with Gasteiger partial charge in [-0.3, -0.25) is 0 Å². The topological polar surface area (TPSA) is 37.3 Å². The van der Waals surface area contributed by atoms with Crippen LogP contribution in [-0.2, 0) is 0 Å². The third-order valence-electron chi connectivity index (χ3n) is 3.06. The molecule has 2 rings (SSSR count). The number of aromatic carboxylic acids is 1. The number of carboxylic acids is 1. The third kappa shape index (κ3) is 3.01. The zero-order chi connectivity index (χ0) is 11.4. The summed E-state index contributed by atoms with van der Waals surface area (Å²) in [6, 6.07) is 7.17. The fraction of sp³-hybridized carbons (Fsp3) is 0.462. The first-order valence-electron chi connectivity index (χ1n) is 5.72. The summed E-state index contributed by atoms with van der Waals surface area (Å²) in [6.07, 6.45) is 5.48. The molecule has 1 fully saturated rings. The number of carbonyl (C=O) groups is 1. The zero-order valence-corrected chi connectivity index (χ0v) is 10.0. The second kappa shape index (κ2) is 5.39. The van der Waals surface area contributed by atoms with Gasteiger partial charge in [-0.2, -0.15) is 0 Å². The lowest BCUT2D eigenvalue weighted by atomic mass is 10.1. The van der Waals surface area contributed by atoms with Gasteiger partial charge in [-0.1, -0.05) is 12.8 Å². The van der Waals surface area contributed by atoms with E-state index in [1.807, 2.05) is 23.9 Å². The van der Waals surface area contributed by atoms with Crippen molar-refractivity contribution in [2.45, 2.75) is 30.6 Å². The molecule has 1 saturated carbocycles. The summed E-state index contributed by atoms with van der Waals surface area (Å²) in [5, 5.41) is 8.77. The van der Waals surface area contributed by atoms with Gasteiger partial charge < -0.3 is 5.11 Å². The van der Waals surface area contributed by atoms with Crippen molar-refractivity contribution in [2.24, 2.45) is 5.92 Å². The Bertz CT molecular complexity index is 353. The highest BCUT2D eigenvalue weighted by atomic mass is 32.2. The first-order chi connectivity index (χ1) is 7.75. The molecule has 0 radical (unpaired) electrons. The van der Waals surface area contributed by atoms with E-state index in [0.29, 0.717) is 5.56 Å². The van der Waals surface area contributed by atoms with Gasteiger partial charge in [0.05, 0.1) is 5.56 Å². The minimum Gasteiger partial charge on any atom is -0.478 e. The number of thioether (sulfide) groups is 1. The van der Waals surface area contributed by atoms with E-state index in [0.717, 1.165) is 5.92 Å². The lowest BCUT2D eigenvalue weighted by molar-refractivity contribution is 0.0697. The molecule has 86 valence electrons. The Morgan fingerprint density at radius 2 is 1.88 bits per heavy atom. The number of hydrogen-bond acceptors (Lipinski definition) is 2. The average Bonchev–Trinajstić information content (AvgIpc) is 2.80. The van der Waals surface area contributed by atoms with Crippen LogP contribution in [0.1, 0.15) is 36.0 Å². The molecule has 0 saturated heterocycles. The minimum absolute atomic E-state index is 0.366. The molecule has 0 bridgehead atoms. The molecule has 0 unspecified atom stereocenters. The highest BCUT2D eigenvalue weighted by Gasteiger charge is 2.14. The van der Waals surface area contributed by atoms with E-state index in [-0.39, 0.29) is 0 Å². The SMILES string of the molecule is O=C(O)c1ccc(SCC2CCCC2)cc1. The molecule has 0 aliphatic heterocycles. The van der Waals surface area contributed by atoms with Crippen LogP contribution in [0.15, 0.2) is 29.2 Å². The molecular formula is C13H16O2S. The Morgan fingerprint density at radius 1 is 1.25 bits per heavy atom. The molecule has 1 aliphatic carbocycles. The van der Waals surface area contributed by atoms with Gasteiger partial charge in [-0.25, -0.2) is 4.79 Å². The van der Waals surface area contributed by atoms with Gasteiger partial charge in [0.25, 0.3) is 0 Å².